The molecule has 0 bridgehead atoms. The van der Waals surface area contributed by atoms with E-state index >= 15 is 0 Å². The molecule has 1 amide bonds. The second kappa shape index (κ2) is 8.51. The van der Waals surface area contributed by atoms with Crippen LogP contribution in [0.25, 0.3) is 0 Å². The van der Waals surface area contributed by atoms with E-state index in [0.29, 0.717) is 12.6 Å². The zero-order valence-corrected chi connectivity index (χ0v) is 12.7. The monoisotopic (exact) mass is 270 g/mol. The number of piperazine rings is 1. The number of nitrogens with one attached hydrogen (secondary N) is 1. The summed E-state index contributed by atoms with van der Waals surface area (Å²) in [5.41, 5.74) is 5.57. The summed E-state index contributed by atoms with van der Waals surface area (Å²) >= 11 is 0. The van der Waals surface area contributed by atoms with Gasteiger partial charge in [-0.1, -0.05) is 13.8 Å². The van der Waals surface area contributed by atoms with Gasteiger partial charge < -0.3 is 11.1 Å². The summed E-state index contributed by atoms with van der Waals surface area (Å²) in [6.45, 7) is 11.9. The summed E-state index contributed by atoms with van der Waals surface area (Å²) < 4.78 is 0. The fraction of sp³-hybridized carbons (Fsp3) is 0.929. The number of hydrogen-bond acceptors (Lipinski definition) is 4. The van der Waals surface area contributed by atoms with Crippen molar-refractivity contribution in [2.75, 3.05) is 39.3 Å². The smallest absolute Gasteiger partial charge is 0.237 e. The van der Waals surface area contributed by atoms with Gasteiger partial charge in [-0.3, -0.25) is 14.6 Å². The number of hydrogen-bond donors (Lipinski definition) is 2. The first-order valence-corrected chi connectivity index (χ1v) is 7.59. The third kappa shape index (κ3) is 5.09. The molecule has 1 aliphatic rings. The van der Waals surface area contributed by atoms with E-state index < -0.39 is 0 Å². The summed E-state index contributed by atoms with van der Waals surface area (Å²) in [6.07, 6.45) is 2.00. The van der Waals surface area contributed by atoms with E-state index in [1.54, 1.807) is 0 Å². The van der Waals surface area contributed by atoms with Crippen LogP contribution in [0.3, 0.4) is 0 Å². The van der Waals surface area contributed by atoms with Crippen LogP contribution >= 0.6 is 0 Å². The molecule has 1 heterocycles. The van der Waals surface area contributed by atoms with Crippen molar-refractivity contribution in [2.24, 2.45) is 5.73 Å². The molecule has 0 saturated carbocycles. The van der Waals surface area contributed by atoms with E-state index in [1.165, 1.54) is 0 Å². The van der Waals surface area contributed by atoms with Crippen LogP contribution in [0.1, 0.15) is 33.6 Å². The van der Waals surface area contributed by atoms with Crippen molar-refractivity contribution in [3.63, 3.8) is 0 Å². The molecule has 1 saturated heterocycles. The van der Waals surface area contributed by atoms with Gasteiger partial charge in [0.05, 0.1) is 6.04 Å². The molecule has 1 atom stereocenters. The first-order valence-electron chi connectivity index (χ1n) is 7.59. The Bertz CT molecular complexity index is 260. The van der Waals surface area contributed by atoms with Crippen molar-refractivity contribution in [2.45, 2.75) is 45.7 Å². The lowest BCUT2D eigenvalue weighted by Crippen LogP contribution is -2.55. The van der Waals surface area contributed by atoms with Crippen molar-refractivity contribution in [3.05, 3.63) is 0 Å². The Morgan fingerprint density at radius 2 is 1.79 bits per heavy atom. The molecular formula is C14H30N4O. The second-order valence-corrected chi connectivity index (χ2v) is 5.36. The largest absolute Gasteiger partial charge is 0.352 e. The maximum absolute atomic E-state index is 12.2. The van der Waals surface area contributed by atoms with Gasteiger partial charge >= 0.3 is 0 Å². The van der Waals surface area contributed by atoms with Crippen LogP contribution in [0.5, 0.6) is 0 Å². The van der Waals surface area contributed by atoms with Crippen LogP contribution in [0.4, 0.5) is 0 Å². The van der Waals surface area contributed by atoms with Crippen molar-refractivity contribution >= 4 is 5.91 Å². The SMILES string of the molecule is CCC(CC)NC(=O)C(C)N1CCN(CCN)CC1. The van der Waals surface area contributed by atoms with Crippen LogP contribution in [-0.4, -0.2) is 67.1 Å². The lowest BCUT2D eigenvalue weighted by molar-refractivity contribution is -0.127. The van der Waals surface area contributed by atoms with Crippen LogP contribution in [0.2, 0.25) is 0 Å². The maximum atomic E-state index is 12.2. The molecule has 0 aromatic heterocycles. The Hall–Kier alpha value is -0.650. The molecule has 5 nitrogen and oxygen atoms in total. The molecule has 0 aliphatic carbocycles. The first kappa shape index (κ1) is 16.4. The van der Waals surface area contributed by atoms with Gasteiger partial charge in [0.25, 0.3) is 0 Å². The van der Waals surface area contributed by atoms with Gasteiger partial charge in [-0.25, -0.2) is 0 Å². The van der Waals surface area contributed by atoms with Crippen molar-refractivity contribution in [1.29, 1.82) is 0 Å². The molecule has 19 heavy (non-hydrogen) atoms. The molecule has 3 N–H and O–H groups in total. The third-order valence-electron chi connectivity index (χ3n) is 4.11. The highest BCUT2D eigenvalue weighted by molar-refractivity contribution is 5.81. The summed E-state index contributed by atoms with van der Waals surface area (Å²) in [6, 6.07) is 0.286. The molecule has 0 radical (unpaired) electrons. The molecule has 0 aromatic carbocycles. The summed E-state index contributed by atoms with van der Waals surface area (Å²) in [5, 5.41) is 3.14. The summed E-state index contributed by atoms with van der Waals surface area (Å²) in [5.74, 6) is 0.168. The number of carbonyl (C=O) groups is 1. The van der Waals surface area contributed by atoms with Gasteiger partial charge in [0.2, 0.25) is 5.91 Å². The number of nitrogens with zero attached hydrogens (tertiary/aromatic N) is 2. The van der Waals surface area contributed by atoms with E-state index in [0.717, 1.165) is 45.6 Å². The Labute approximate surface area is 117 Å². The number of amides is 1. The van der Waals surface area contributed by atoms with Crippen LogP contribution in [-0.2, 0) is 4.79 Å². The van der Waals surface area contributed by atoms with Crippen LogP contribution < -0.4 is 11.1 Å². The van der Waals surface area contributed by atoms with E-state index in [-0.39, 0.29) is 11.9 Å². The van der Waals surface area contributed by atoms with Gasteiger partial charge in [-0.2, -0.15) is 0 Å². The lowest BCUT2D eigenvalue weighted by atomic mass is 10.1. The van der Waals surface area contributed by atoms with Crippen LogP contribution in [0, 0.1) is 0 Å². The van der Waals surface area contributed by atoms with E-state index in [1.807, 2.05) is 6.92 Å². The molecule has 1 fully saturated rings. The number of nitrogens with two attached hydrogens (primary N) is 1. The normalized spacial score (nSPS) is 19.6. The Morgan fingerprint density at radius 1 is 1.21 bits per heavy atom. The molecule has 1 rings (SSSR count). The summed E-state index contributed by atoms with van der Waals surface area (Å²) in [4.78, 5) is 16.8. The maximum Gasteiger partial charge on any atom is 0.237 e. The van der Waals surface area contributed by atoms with Gasteiger partial charge in [-0.05, 0) is 19.8 Å². The molecule has 112 valence electrons. The Morgan fingerprint density at radius 3 is 2.26 bits per heavy atom. The predicted octanol–water partition coefficient (Wildman–Crippen LogP) is 0.256. The Kier molecular flexibility index (Phi) is 7.34. The van der Waals surface area contributed by atoms with E-state index in [2.05, 4.69) is 29.0 Å². The van der Waals surface area contributed by atoms with Gasteiger partial charge in [0.15, 0.2) is 0 Å². The fourth-order valence-corrected chi connectivity index (χ4v) is 2.54. The van der Waals surface area contributed by atoms with E-state index in [4.69, 9.17) is 5.73 Å². The fourth-order valence-electron chi connectivity index (χ4n) is 2.54. The topological polar surface area (TPSA) is 61.6 Å². The van der Waals surface area contributed by atoms with Crippen LogP contribution in [0.15, 0.2) is 0 Å². The Balaban J connectivity index is 2.37. The molecular weight excluding hydrogens is 240 g/mol. The highest BCUT2D eigenvalue weighted by Crippen LogP contribution is 2.07. The number of carbonyl (C=O) groups excluding carboxylic acids is 1. The molecule has 1 aliphatic heterocycles. The highest BCUT2D eigenvalue weighted by Gasteiger charge is 2.25. The molecule has 1 unspecified atom stereocenters. The minimum absolute atomic E-state index is 0.0272. The van der Waals surface area contributed by atoms with Crippen molar-refractivity contribution in [3.8, 4) is 0 Å². The average molecular weight is 270 g/mol. The van der Waals surface area contributed by atoms with Gasteiger partial charge in [0, 0.05) is 45.3 Å². The second-order valence-electron chi connectivity index (χ2n) is 5.36. The quantitative estimate of drug-likeness (QED) is 0.696. The van der Waals surface area contributed by atoms with Gasteiger partial charge in [-0.15, -0.1) is 0 Å². The zero-order valence-electron chi connectivity index (χ0n) is 12.7. The first-order chi connectivity index (χ1) is 9.12. The molecule has 0 aromatic rings. The minimum atomic E-state index is -0.0272. The summed E-state index contributed by atoms with van der Waals surface area (Å²) in [7, 11) is 0. The average Bonchev–Trinajstić information content (AvgIpc) is 2.45. The zero-order chi connectivity index (χ0) is 14.3. The minimum Gasteiger partial charge on any atom is -0.352 e. The number of rotatable bonds is 7. The predicted molar refractivity (Wildman–Crippen MR) is 79.0 cm³/mol. The highest BCUT2D eigenvalue weighted by atomic mass is 16.2. The standard InChI is InChI=1S/C14H30N4O/c1-4-13(5-2)16-14(19)12(3)18-10-8-17(7-6-15)9-11-18/h12-13H,4-11,15H2,1-3H3,(H,16,19). The lowest BCUT2D eigenvalue weighted by Gasteiger charge is -2.37. The van der Waals surface area contributed by atoms with E-state index in [9.17, 15) is 4.79 Å². The third-order valence-corrected chi connectivity index (χ3v) is 4.11. The molecule has 5 heteroatoms. The van der Waals surface area contributed by atoms with Crippen molar-refractivity contribution in [1.82, 2.24) is 15.1 Å². The molecule has 0 spiro atoms. The van der Waals surface area contributed by atoms with Crippen molar-refractivity contribution < 1.29 is 4.79 Å². The van der Waals surface area contributed by atoms with Gasteiger partial charge in [0.1, 0.15) is 0 Å².